The van der Waals surface area contributed by atoms with E-state index in [4.69, 9.17) is 4.74 Å². The van der Waals surface area contributed by atoms with E-state index in [1.54, 1.807) is 0 Å². The first kappa shape index (κ1) is 18.1. The molecular weight excluding hydrogens is 340 g/mol. The second kappa shape index (κ2) is 5.63. The van der Waals surface area contributed by atoms with Crippen molar-refractivity contribution in [2.24, 2.45) is 10.8 Å². The molecule has 0 amide bonds. The van der Waals surface area contributed by atoms with E-state index in [0.717, 1.165) is 5.56 Å². The molecule has 0 unspecified atom stereocenters. The molecule has 1 aromatic rings. The fraction of sp³-hybridized carbons (Fsp3) is 0.522. The molecule has 1 heterocycles. The number of hydrogen-bond donors (Lipinski definition) is 0. The predicted molar refractivity (Wildman–Crippen MR) is 101 cm³/mol. The lowest BCUT2D eigenvalue weighted by molar-refractivity contribution is -0.160. The predicted octanol–water partition coefficient (Wildman–Crippen LogP) is 4.14. The van der Waals surface area contributed by atoms with Crippen molar-refractivity contribution in [2.75, 3.05) is 0 Å². The molecule has 4 rings (SSSR count). The van der Waals surface area contributed by atoms with Gasteiger partial charge in [-0.15, -0.1) is 0 Å². The Morgan fingerprint density at radius 1 is 0.815 bits per heavy atom. The van der Waals surface area contributed by atoms with Gasteiger partial charge in [0.25, 0.3) is 0 Å². The summed E-state index contributed by atoms with van der Waals surface area (Å²) in [7, 11) is 0. The van der Waals surface area contributed by atoms with Crippen molar-refractivity contribution in [2.45, 2.75) is 64.9 Å². The number of ketones is 3. The highest BCUT2D eigenvalue weighted by Crippen LogP contribution is 2.57. The van der Waals surface area contributed by atoms with E-state index >= 15 is 0 Å². The summed E-state index contributed by atoms with van der Waals surface area (Å²) < 4.78 is 6.24. The lowest BCUT2D eigenvalue weighted by atomic mass is 9.61. The minimum atomic E-state index is -1.57. The van der Waals surface area contributed by atoms with Gasteiger partial charge in [-0.05, 0) is 16.4 Å². The summed E-state index contributed by atoms with van der Waals surface area (Å²) >= 11 is 0. The van der Waals surface area contributed by atoms with Crippen LogP contribution in [0.2, 0.25) is 0 Å². The van der Waals surface area contributed by atoms with E-state index in [1.165, 1.54) is 0 Å². The average Bonchev–Trinajstić information content (AvgIpc) is 2.88. The molecule has 0 aromatic heterocycles. The molecule has 1 atom stereocenters. The number of hydrogen-bond acceptors (Lipinski definition) is 4. The second-order valence-electron chi connectivity index (χ2n) is 9.82. The molecule has 1 aromatic carbocycles. The number of Topliss-reactive ketones (excluding diaryl/α,β-unsaturated/α-hetero) is 3. The zero-order valence-electron chi connectivity index (χ0n) is 16.4. The van der Waals surface area contributed by atoms with Gasteiger partial charge >= 0.3 is 0 Å². The lowest BCUT2D eigenvalue weighted by Crippen LogP contribution is -2.57. The molecule has 1 saturated carbocycles. The maximum atomic E-state index is 13.4. The van der Waals surface area contributed by atoms with Gasteiger partial charge in [-0.3, -0.25) is 14.4 Å². The number of carbonyl (C=O) groups is 3. The third-order valence-corrected chi connectivity index (χ3v) is 6.10. The van der Waals surface area contributed by atoms with Gasteiger partial charge in [0.05, 0.1) is 5.92 Å². The van der Waals surface area contributed by atoms with Gasteiger partial charge in [-0.2, -0.15) is 0 Å². The summed E-state index contributed by atoms with van der Waals surface area (Å²) in [5.41, 5.74) is -0.838. The molecule has 3 aliphatic rings. The van der Waals surface area contributed by atoms with Gasteiger partial charge in [0.1, 0.15) is 5.76 Å². The number of carbonyl (C=O) groups excluding carboxylic acids is 3. The monoisotopic (exact) mass is 366 g/mol. The zero-order valence-corrected chi connectivity index (χ0v) is 16.4. The van der Waals surface area contributed by atoms with Crippen LogP contribution in [0.5, 0.6) is 0 Å². The highest BCUT2D eigenvalue weighted by atomic mass is 16.5. The first-order chi connectivity index (χ1) is 12.6. The Kier molecular flexibility index (Phi) is 3.79. The van der Waals surface area contributed by atoms with Gasteiger partial charge in [-0.1, -0.05) is 58.0 Å². The van der Waals surface area contributed by atoms with Crippen LogP contribution in [-0.2, 0) is 19.1 Å². The molecule has 4 nitrogen and oxygen atoms in total. The van der Waals surface area contributed by atoms with Gasteiger partial charge in [0.15, 0.2) is 17.3 Å². The highest BCUT2D eigenvalue weighted by molar-refractivity contribution is 6.17. The topological polar surface area (TPSA) is 60.4 Å². The van der Waals surface area contributed by atoms with E-state index in [2.05, 4.69) is 0 Å². The van der Waals surface area contributed by atoms with Gasteiger partial charge < -0.3 is 4.74 Å². The third-order valence-electron chi connectivity index (χ3n) is 6.10. The summed E-state index contributed by atoms with van der Waals surface area (Å²) in [6.07, 6.45) is 1.53. The SMILES string of the molecule is CC1(C)CC(=O)C2(OC3=C(C(=O)CC(C)(C)C3)[C@H]2c2ccccc2)C(=O)C1. The zero-order chi connectivity index (χ0) is 19.6. The van der Waals surface area contributed by atoms with Crippen LogP contribution in [0.25, 0.3) is 0 Å². The minimum Gasteiger partial charge on any atom is -0.474 e. The van der Waals surface area contributed by atoms with E-state index in [0.29, 0.717) is 24.2 Å². The van der Waals surface area contributed by atoms with Crippen LogP contribution >= 0.6 is 0 Å². The third kappa shape index (κ3) is 2.69. The van der Waals surface area contributed by atoms with E-state index in [-0.39, 0.29) is 41.0 Å². The van der Waals surface area contributed by atoms with Crippen molar-refractivity contribution >= 4 is 17.3 Å². The normalized spacial score (nSPS) is 28.3. The van der Waals surface area contributed by atoms with Crippen LogP contribution in [0.3, 0.4) is 0 Å². The Morgan fingerprint density at radius 3 is 1.96 bits per heavy atom. The summed E-state index contributed by atoms with van der Waals surface area (Å²) in [5.74, 6) is -0.479. The molecule has 1 spiro atoms. The summed E-state index contributed by atoms with van der Waals surface area (Å²) in [4.78, 5) is 39.8. The van der Waals surface area contributed by atoms with Crippen molar-refractivity contribution in [3.63, 3.8) is 0 Å². The van der Waals surface area contributed by atoms with Crippen molar-refractivity contribution in [3.8, 4) is 0 Å². The highest BCUT2D eigenvalue weighted by Gasteiger charge is 2.65. The molecule has 1 aliphatic heterocycles. The summed E-state index contributed by atoms with van der Waals surface area (Å²) in [5, 5.41) is 0. The van der Waals surface area contributed by atoms with Crippen molar-refractivity contribution < 1.29 is 19.1 Å². The summed E-state index contributed by atoms with van der Waals surface area (Å²) in [6, 6.07) is 9.42. The maximum Gasteiger partial charge on any atom is 0.234 e. The molecule has 27 heavy (non-hydrogen) atoms. The molecule has 4 heteroatoms. The van der Waals surface area contributed by atoms with E-state index in [9.17, 15) is 14.4 Å². The molecule has 1 fully saturated rings. The molecule has 0 N–H and O–H groups in total. The fourth-order valence-corrected chi connectivity index (χ4v) is 4.98. The summed E-state index contributed by atoms with van der Waals surface area (Å²) in [6.45, 7) is 7.91. The Bertz CT molecular complexity index is 853. The Labute approximate surface area is 160 Å². The standard InChI is InChI=1S/C23H26O4/c1-21(2)10-15(24)19-16(11-21)27-23(20(19)14-8-6-5-7-9-14)17(25)12-22(3,4)13-18(23)26/h5-9,20H,10-13H2,1-4H3/t20-/m1/s1. The average molecular weight is 366 g/mol. The second-order valence-corrected chi connectivity index (χ2v) is 9.82. The van der Waals surface area contributed by atoms with Crippen LogP contribution in [0.4, 0.5) is 0 Å². The molecule has 2 aliphatic carbocycles. The Balaban J connectivity index is 1.90. The molecule has 0 radical (unpaired) electrons. The minimum absolute atomic E-state index is 0.00240. The molecule has 0 bridgehead atoms. The van der Waals surface area contributed by atoms with Crippen LogP contribution in [0.1, 0.15) is 64.9 Å². The fourth-order valence-electron chi connectivity index (χ4n) is 4.98. The molecule has 142 valence electrons. The van der Waals surface area contributed by atoms with Gasteiger partial charge in [0, 0.05) is 31.3 Å². The first-order valence-electron chi connectivity index (χ1n) is 9.63. The van der Waals surface area contributed by atoms with Gasteiger partial charge in [0.2, 0.25) is 5.60 Å². The van der Waals surface area contributed by atoms with Crippen LogP contribution in [-0.4, -0.2) is 23.0 Å². The maximum absolute atomic E-state index is 13.4. The largest absolute Gasteiger partial charge is 0.474 e. The molecule has 0 saturated heterocycles. The number of benzene rings is 1. The lowest BCUT2D eigenvalue weighted by Gasteiger charge is -2.41. The van der Waals surface area contributed by atoms with Crippen molar-refractivity contribution in [1.82, 2.24) is 0 Å². The number of ether oxygens (including phenoxy) is 1. The number of rotatable bonds is 1. The van der Waals surface area contributed by atoms with Crippen LogP contribution in [0.15, 0.2) is 41.7 Å². The van der Waals surface area contributed by atoms with Crippen molar-refractivity contribution in [1.29, 1.82) is 0 Å². The smallest absolute Gasteiger partial charge is 0.234 e. The van der Waals surface area contributed by atoms with Gasteiger partial charge in [-0.25, -0.2) is 0 Å². The molecular formula is C23H26O4. The van der Waals surface area contributed by atoms with Crippen molar-refractivity contribution in [3.05, 3.63) is 47.2 Å². The van der Waals surface area contributed by atoms with Crippen LogP contribution < -0.4 is 0 Å². The Morgan fingerprint density at radius 2 is 1.37 bits per heavy atom. The Hall–Kier alpha value is -2.23. The van der Waals surface area contributed by atoms with E-state index in [1.807, 2.05) is 58.0 Å². The first-order valence-corrected chi connectivity index (χ1v) is 9.63. The van der Waals surface area contributed by atoms with E-state index < -0.39 is 11.5 Å². The number of allylic oxidation sites excluding steroid dienone is 1. The van der Waals surface area contributed by atoms with Crippen LogP contribution in [0, 0.1) is 10.8 Å². The quantitative estimate of drug-likeness (QED) is 0.701.